The summed E-state index contributed by atoms with van der Waals surface area (Å²) in [5.41, 5.74) is 0.458. The molecule has 0 radical (unpaired) electrons. The molecule has 1 amide bonds. The predicted octanol–water partition coefficient (Wildman–Crippen LogP) is 2.32. The van der Waals surface area contributed by atoms with Gasteiger partial charge in [-0.3, -0.25) is 4.79 Å². The number of hydrogen-bond acceptors (Lipinski definition) is 3. The molecule has 3 rings (SSSR count). The summed E-state index contributed by atoms with van der Waals surface area (Å²) in [5.74, 6) is 1.69. The number of carbonyl (C=O) groups excluding carboxylic acids is 1. The molecular weight excluding hydrogens is 242 g/mol. The summed E-state index contributed by atoms with van der Waals surface area (Å²) in [4.78, 5) is 14.6. The van der Waals surface area contributed by atoms with E-state index in [9.17, 15) is 4.79 Å². The molecule has 4 nitrogen and oxygen atoms in total. The number of benzene rings is 1. The van der Waals surface area contributed by atoms with E-state index in [-0.39, 0.29) is 12.7 Å². The fourth-order valence-corrected chi connectivity index (χ4v) is 2.72. The van der Waals surface area contributed by atoms with Crippen molar-refractivity contribution in [1.82, 2.24) is 4.90 Å². The molecule has 102 valence electrons. The number of ether oxygens (including phenoxy) is 2. The maximum Gasteiger partial charge on any atom is 0.232 e. The summed E-state index contributed by atoms with van der Waals surface area (Å²) in [6.07, 6.45) is 2.23. The normalized spacial score (nSPS) is 17.9. The summed E-state index contributed by atoms with van der Waals surface area (Å²) in [6, 6.07) is 5.77. The van der Waals surface area contributed by atoms with E-state index in [1.165, 1.54) is 0 Å². The first-order valence-electron chi connectivity index (χ1n) is 6.78. The molecule has 1 saturated heterocycles. The van der Waals surface area contributed by atoms with Gasteiger partial charge in [0.25, 0.3) is 0 Å². The molecule has 0 saturated carbocycles. The molecule has 0 spiro atoms. The number of hydrogen-bond donors (Lipinski definition) is 0. The van der Waals surface area contributed by atoms with Crippen molar-refractivity contribution in [3.63, 3.8) is 0 Å². The molecule has 2 heterocycles. The van der Waals surface area contributed by atoms with Crippen LogP contribution >= 0.6 is 0 Å². The molecule has 0 aliphatic carbocycles. The third-order valence-corrected chi connectivity index (χ3v) is 4.02. The Morgan fingerprint density at radius 3 is 2.58 bits per heavy atom. The van der Waals surface area contributed by atoms with E-state index in [4.69, 9.17) is 9.47 Å². The van der Waals surface area contributed by atoms with Crippen LogP contribution in [0.2, 0.25) is 0 Å². The van der Waals surface area contributed by atoms with Crippen molar-refractivity contribution in [2.75, 3.05) is 19.9 Å². The maximum absolute atomic E-state index is 12.6. The van der Waals surface area contributed by atoms with Crippen LogP contribution in [-0.2, 0) is 10.2 Å². The number of carbonyl (C=O) groups is 1. The lowest BCUT2D eigenvalue weighted by Crippen LogP contribution is -2.41. The lowest BCUT2D eigenvalue weighted by Gasteiger charge is -2.29. The lowest BCUT2D eigenvalue weighted by molar-refractivity contribution is -0.135. The molecular formula is C15H19NO3. The molecule has 0 aromatic heterocycles. The van der Waals surface area contributed by atoms with Gasteiger partial charge in [-0.2, -0.15) is 0 Å². The van der Waals surface area contributed by atoms with Crippen LogP contribution in [-0.4, -0.2) is 30.7 Å². The van der Waals surface area contributed by atoms with Gasteiger partial charge in [-0.1, -0.05) is 6.07 Å². The Hall–Kier alpha value is -1.71. The average molecular weight is 261 g/mol. The van der Waals surface area contributed by atoms with Crippen LogP contribution in [0.3, 0.4) is 0 Å². The SMILES string of the molecule is CC(C)(C(=O)N1CCCC1)c1ccc2c(c1)OCO2. The lowest BCUT2D eigenvalue weighted by atomic mass is 9.83. The molecule has 2 aliphatic rings. The molecule has 4 heteroatoms. The fraction of sp³-hybridized carbons (Fsp3) is 0.533. The number of rotatable bonds is 2. The van der Waals surface area contributed by atoms with Gasteiger partial charge in [0.1, 0.15) is 0 Å². The first-order chi connectivity index (χ1) is 9.09. The van der Waals surface area contributed by atoms with E-state index in [1.54, 1.807) is 0 Å². The first kappa shape index (κ1) is 12.3. The molecule has 0 bridgehead atoms. The van der Waals surface area contributed by atoms with Gasteiger partial charge in [0.2, 0.25) is 12.7 Å². The largest absolute Gasteiger partial charge is 0.454 e. The van der Waals surface area contributed by atoms with Crippen LogP contribution < -0.4 is 9.47 Å². The number of amides is 1. The monoisotopic (exact) mass is 261 g/mol. The highest BCUT2D eigenvalue weighted by Crippen LogP contribution is 2.37. The van der Waals surface area contributed by atoms with Crippen LogP contribution in [0.25, 0.3) is 0 Å². The standard InChI is InChI=1S/C15H19NO3/c1-15(2,14(17)16-7-3-4-8-16)11-5-6-12-13(9-11)19-10-18-12/h5-6,9H,3-4,7-8,10H2,1-2H3. The average Bonchev–Trinajstić information content (AvgIpc) is 3.07. The Morgan fingerprint density at radius 1 is 1.16 bits per heavy atom. The molecule has 0 unspecified atom stereocenters. The third kappa shape index (κ3) is 2.05. The van der Waals surface area contributed by atoms with Crippen molar-refractivity contribution in [3.8, 4) is 11.5 Å². The summed E-state index contributed by atoms with van der Waals surface area (Å²) in [6.45, 7) is 5.98. The highest BCUT2D eigenvalue weighted by molar-refractivity contribution is 5.87. The zero-order valence-electron chi connectivity index (χ0n) is 11.4. The van der Waals surface area contributed by atoms with Crippen molar-refractivity contribution in [2.24, 2.45) is 0 Å². The molecule has 0 atom stereocenters. The van der Waals surface area contributed by atoms with Crippen LogP contribution in [0, 0.1) is 0 Å². The van der Waals surface area contributed by atoms with Gasteiger partial charge < -0.3 is 14.4 Å². The van der Waals surface area contributed by atoms with Crippen LogP contribution in [0.5, 0.6) is 11.5 Å². The summed E-state index contributed by atoms with van der Waals surface area (Å²) >= 11 is 0. The topological polar surface area (TPSA) is 38.8 Å². The number of likely N-dealkylation sites (tertiary alicyclic amines) is 1. The van der Waals surface area contributed by atoms with E-state index >= 15 is 0 Å². The minimum atomic E-state index is -0.522. The van der Waals surface area contributed by atoms with Gasteiger partial charge in [0.05, 0.1) is 5.41 Å². The highest BCUT2D eigenvalue weighted by Gasteiger charge is 2.35. The van der Waals surface area contributed by atoms with Gasteiger partial charge in [-0.15, -0.1) is 0 Å². The molecule has 1 aromatic rings. The van der Waals surface area contributed by atoms with Gasteiger partial charge in [-0.25, -0.2) is 0 Å². The summed E-state index contributed by atoms with van der Waals surface area (Å²) in [7, 11) is 0. The molecule has 0 N–H and O–H groups in total. The Kier molecular flexibility index (Phi) is 2.88. The minimum Gasteiger partial charge on any atom is -0.454 e. The Bertz CT molecular complexity index is 504. The summed E-state index contributed by atoms with van der Waals surface area (Å²) < 4.78 is 10.7. The highest BCUT2D eigenvalue weighted by atomic mass is 16.7. The van der Waals surface area contributed by atoms with Crippen LogP contribution in [0.1, 0.15) is 32.3 Å². The first-order valence-corrected chi connectivity index (χ1v) is 6.78. The van der Waals surface area contributed by atoms with Gasteiger partial charge in [0, 0.05) is 13.1 Å². The van der Waals surface area contributed by atoms with Crippen LogP contribution in [0.4, 0.5) is 0 Å². The van der Waals surface area contributed by atoms with Crippen molar-refractivity contribution >= 4 is 5.91 Å². The second kappa shape index (κ2) is 4.44. The number of fused-ring (bicyclic) bond motifs is 1. The zero-order valence-corrected chi connectivity index (χ0v) is 11.4. The van der Waals surface area contributed by atoms with Gasteiger partial charge >= 0.3 is 0 Å². The van der Waals surface area contributed by atoms with Crippen molar-refractivity contribution < 1.29 is 14.3 Å². The van der Waals surface area contributed by atoms with Gasteiger partial charge in [0.15, 0.2) is 11.5 Å². The minimum absolute atomic E-state index is 0.198. The van der Waals surface area contributed by atoms with E-state index in [0.717, 1.165) is 43.0 Å². The predicted molar refractivity (Wildman–Crippen MR) is 71.4 cm³/mol. The Morgan fingerprint density at radius 2 is 1.84 bits per heavy atom. The van der Waals surface area contributed by atoms with Gasteiger partial charge in [-0.05, 0) is 44.4 Å². The van der Waals surface area contributed by atoms with E-state index in [2.05, 4.69) is 0 Å². The van der Waals surface area contributed by atoms with Crippen molar-refractivity contribution in [1.29, 1.82) is 0 Å². The second-order valence-corrected chi connectivity index (χ2v) is 5.69. The van der Waals surface area contributed by atoms with Crippen molar-refractivity contribution in [3.05, 3.63) is 23.8 Å². The molecule has 1 fully saturated rings. The third-order valence-electron chi connectivity index (χ3n) is 4.02. The Labute approximate surface area is 113 Å². The number of nitrogens with zero attached hydrogens (tertiary/aromatic N) is 1. The quantitative estimate of drug-likeness (QED) is 0.820. The van der Waals surface area contributed by atoms with E-state index in [0.29, 0.717) is 0 Å². The Balaban J connectivity index is 1.88. The zero-order chi connectivity index (χ0) is 13.5. The second-order valence-electron chi connectivity index (χ2n) is 5.69. The molecule has 19 heavy (non-hydrogen) atoms. The van der Waals surface area contributed by atoms with E-state index in [1.807, 2.05) is 36.9 Å². The van der Waals surface area contributed by atoms with Crippen LogP contribution in [0.15, 0.2) is 18.2 Å². The van der Waals surface area contributed by atoms with Crippen molar-refractivity contribution in [2.45, 2.75) is 32.1 Å². The maximum atomic E-state index is 12.6. The van der Waals surface area contributed by atoms with E-state index < -0.39 is 5.41 Å². The fourth-order valence-electron chi connectivity index (χ4n) is 2.72. The molecule has 2 aliphatic heterocycles. The summed E-state index contributed by atoms with van der Waals surface area (Å²) in [5, 5.41) is 0. The smallest absolute Gasteiger partial charge is 0.232 e. The molecule has 1 aromatic carbocycles.